The van der Waals surface area contributed by atoms with Gasteiger partial charge in [-0.1, -0.05) is 18.2 Å². The molecule has 0 spiro atoms. The lowest BCUT2D eigenvalue weighted by molar-refractivity contribution is -0.120. The fraction of sp³-hybridized carbons (Fsp3) is 0.0625. The van der Waals surface area contributed by atoms with E-state index in [-0.39, 0.29) is 0 Å². The SMILES string of the molecule is O=C(CNC(=O)c1ccccc1)NNC(=O)c1cc(F)ccc1F. The molecule has 0 heterocycles. The van der Waals surface area contributed by atoms with Crippen molar-refractivity contribution in [2.45, 2.75) is 0 Å². The average molecular weight is 333 g/mol. The van der Waals surface area contributed by atoms with Crippen LogP contribution in [0.15, 0.2) is 48.5 Å². The third-order valence-corrected chi connectivity index (χ3v) is 2.93. The first-order chi connectivity index (χ1) is 11.5. The molecule has 0 aliphatic rings. The predicted octanol–water partition coefficient (Wildman–Crippen LogP) is 1.16. The van der Waals surface area contributed by atoms with E-state index in [0.29, 0.717) is 11.6 Å². The molecule has 124 valence electrons. The summed E-state index contributed by atoms with van der Waals surface area (Å²) >= 11 is 0. The number of hydrogen-bond donors (Lipinski definition) is 3. The monoisotopic (exact) mass is 333 g/mol. The molecule has 0 aromatic heterocycles. The molecule has 0 aliphatic carbocycles. The highest BCUT2D eigenvalue weighted by molar-refractivity contribution is 5.98. The van der Waals surface area contributed by atoms with Gasteiger partial charge in [-0.25, -0.2) is 8.78 Å². The van der Waals surface area contributed by atoms with Gasteiger partial charge in [-0.05, 0) is 30.3 Å². The summed E-state index contributed by atoms with van der Waals surface area (Å²) in [5.74, 6) is -3.93. The van der Waals surface area contributed by atoms with Crippen molar-refractivity contribution in [3.8, 4) is 0 Å². The maximum Gasteiger partial charge on any atom is 0.272 e. The van der Waals surface area contributed by atoms with Crippen LogP contribution in [0.5, 0.6) is 0 Å². The molecule has 0 radical (unpaired) electrons. The number of carbonyl (C=O) groups excluding carboxylic acids is 3. The van der Waals surface area contributed by atoms with E-state index in [4.69, 9.17) is 0 Å². The van der Waals surface area contributed by atoms with E-state index < -0.39 is 41.5 Å². The zero-order chi connectivity index (χ0) is 17.5. The fourth-order valence-corrected chi connectivity index (χ4v) is 1.76. The zero-order valence-corrected chi connectivity index (χ0v) is 12.3. The molecule has 3 amide bonds. The molecule has 0 saturated heterocycles. The minimum atomic E-state index is -1.02. The van der Waals surface area contributed by atoms with Crippen molar-refractivity contribution < 1.29 is 23.2 Å². The molecule has 3 N–H and O–H groups in total. The Kier molecular flexibility index (Phi) is 5.56. The van der Waals surface area contributed by atoms with Crippen LogP contribution in [0.25, 0.3) is 0 Å². The van der Waals surface area contributed by atoms with Crippen LogP contribution >= 0.6 is 0 Å². The second kappa shape index (κ2) is 7.82. The number of amides is 3. The Morgan fingerprint density at radius 2 is 1.58 bits per heavy atom. The van der Waals surface area contributed by atoms with E-state index in [2.05, 4.69) is 5.32 Å². The molecule has 8 heteroatoms. The molecule has 2 rings (SSSR count). The number of rotatable bonds is 4. The van der Waals surface area contributed by atoms with Gasteiger partial charge in [-0.15, -0.1) is 0 Å². The first kappa shape index (κ1) is 17.1. The summed E-state index contributed by atoms with van der Waals surface area (Å²) in [5, 5.41) is 2.35. The van der Waals surface area contributed by atoms with Gasteiger partial charge >= 0.3 is 0 Å². The lowest BCUT2D eigenvalue weighted by atomic mass is 10.2. The molecular weight excluding hydrogens is 320 g/mol. The standard InChI is InChI=1S/C16H13F2N3O3/c17-11-6-7-13(18)12(8-11)16(24)21-20-14(22)9-19-15(23)10-4-2-1-3-5-10/h1-8H,9H2,(H,19,23)(H,20,22)(H,21,24). The van der Waals surface area contributed by atoms with Crippen LogP contribution in [0.4, 0.5) is 8.78 Å². The van der Waals surface area contributed by atoms with E-state index in [1.54, 1.807) is 30.3 Å². The molecule has 2 aromatic rings. The molecule has 24 heavy (non-hydrogen) atoms. The summed E-state index contributed by atoms with van der Waals surface area (Å²) < 4.78 is 26.4. The third-order valence-electron chi connectivity index (χ3n) is 2.93. The van der Waals surface area contributed by atoms with Gasteiger partial charge in [0.15, 0.2) is 0 Å². The molecule has 6 nitrogen and oxygen atoms in total. The number of benzene rings is 2. The maximum atomic E-state index is 13.4. The van der Waals surface area contributed by atoms with Crippen LogP contribution in [0.3, 0.4) is 0 Å². The largest absolute Gasteiger partial charge is 0.343 e. The van der Waals surface area contributed by atoms with E-state index in [9.17, 15) is 23.2 Å². The van der Waals surface area contributed by atoms with Gasteiger partial charge in [0.25, 0.3) is 17.7 Å². The Hall–Kier alpha value is -3.29. The van der Waals surface area contributed by atoms with Gasteiger partial charge in [-0.2, -0.15) is 0 Å². The van der Waals surface area contributed by atoms with Gasteiger partial charge in [0, 0.05) is 5.56 Å². The first-order valence-electron chi connectivity index (χ1n) is 6.85. The molecule has 0 aliphatic heterocycles. The van der Waals surface area contributed by atoms with Crippen molar-refractivity contribution >= 4 is 17.7 Å². The van der Waals surface area contributed by atoms with E-state index in [0.717, 1.165) is 12.1 Å². The fourth-order valence-electron chi connectivity index (χ4n) is 1.76. The normalized spacial score (nSPS) is 9.92. The Labute approximate surface area is 135 Å². The van der Waals surface area contributed by atoms with Crippen LogP contribution in [-0.4, -0.2) is 24.3 Å². The molecule has 0 unspecified atom stereocenters. The Balaban J connectivity index is 1.82. The summed E-state index contributed by atoms with van der Waals surface area (Å²) in [5.41, 5.74) is 3.75. The van der Waals surface area contributed by atoms with Gasteiger partial charge in [0.05, 0.1) is 12.1 Å². The number of carbonyl (C=O) groups is 3. The Morgan fingerprint density at radius 3 is 2.29 bits per heavy atom. The van der Waals surface area contributed by atoms with Crippen molar-refractivity contribution in [3.63, 3.8) is 0 Å². The van der Waals surface area contributed by atoms with Crippen molar-refractivity contribution in [2.75, 3.05) is 6.54 Å². The second-order valence-electron chi connectivity index (χ2n) is 4.68. The number of halogens is 2. The van der Waals surface area contributed by atoms with Crippen LogP contribution in [-0.2, 0) is 4.79 Å². The predicted molar refractivity (Wildman–Crippen MR) is 80.7 cm³/mol. The molecule has 2 aromatic carbocycles. The molecule has 0 saturated carbocycles. The third kappa shape index (κ3) is 4.60. The lowest BCUT2D eigenvalue weighted by Gasteiger charge is -2.09. The van der Waals surface area contributed by atoms with Gasteiger partial charge in [-0.3, -0.25) is 25.2 Å². The molecule has 0 fully saturated rings. The number of nitrogens with one attached hydrogen (secondary N) is 3. The van der Waals surface area contributed by atoms with Crippen LogP contribution in [0.2, 0.25) is 0 Å². The zero-order valence-electron chi connectivity index (χ0n) is 12.3. The summed E-state index contributed by atoms with van der Waals surface area (Å²) in [6, 6.07) is 10.6. The molecule has 0 bridgehead atoms. The summed E-state index contributed by atoms with van der Waals surface area (Å²) in [6.07, 6.45) is 0. The minimum absolute atomic E-state index is 0.371. The van der Waals surface area contributed by atoms with Crippen molar-refractivity contribution in [1.82, 2.24) is 16.2 Å². The van der Waals surface area contributed by atoms with Crippen LogP contribution in [0, 0.1) is 11.6 Å². The summed E-state index contributed by atoms with van der Waals surface area (Å²) in [4.78, 5) is 34.9. The van der Waals surface area contributed by atoms with E-state index >= 15 is 0 Å². The van der Waals surface area contributed by atoms with E-state index in [1.165, 1.54) is 0 Å². The highest BCUT2D eigenvalue weighted by Crippen LogP contribution is 2.08. The smallest absolute Gasteiger partial charge is 0.272 e. The summed E-state index contributed by atoms with van der Waals surface area (Å²) in [6.45, 7) is -0.403. The Morgan fingerprint density at radius 1 is 0.875 bits per heavy atom. The van der Waals surface area contributed by atoms with Gasteiger partial charge in [0.2, 0.25) is 0 Å². The second-order valence-corrected chi connectivity index (χ2v) is 4.68. The van der Waals surface area contributed by atoms with Crippen molar-refractivity contribution in [1.29, 1.82) is 0 Å². The van der Waals surface area contributed by atoms with Crippen LogP contribution in [0.1, 0.15) is 20.7 Å². The number of hydrazine groups is 1. The minimum Gasteiger partial charge on any atom is -0.343 e. The van der Waals surface area contributed by atoms with Gasteiger partial charge in [0.1, 0.15) is 11.6 Å². The topological polar surface area (TPSA) is 87.3 Å². The Bertz CT molecular complexity index is 766. The highest BCUT2D eigenvalue weighted by Gasteiger charge is 2.14. The van der Waals surface area contributed by atoms with Crippen LogP contribution < -0.4 is 16.2 Å². The van der Waals surface area contributed by atoms with Crippen molar-refractivity contribution in [2.24, 2.45) is 0 Å². The van der Waals surface area contributed by atoms with Crippen molar-refractivity contribution in [3.05, 3.63) is 71.3 Å². The maximum absolute atomic E-state index is 13.4. The number of hydrogen-bond acceptors (Lipinski definition) is 3. The van der Waals surface area contributed by atoms with Gasteiger partial charge < -0.3 is 5.32 Å². The van der Waals surface area contributed by atoms with E-state index in [1.807, 2.05) is 10.9 Å². The molecule has 0 atom stereocenters. The quantitative estimate of drug-likeness (QED) is 0.734. The summed E-state index contributed by atoms with van der Waals surface area (Å²) in [7, 11) is 0. The lowest BCUT2D eigenvalue weighted by Crippen LogP contribution is -2.46. The average Bonchev–Trinajstić information content (AvgIpc) is 2.60. The molecular formula is C16H13F2N3O3. The first-order valence-corrected chi connectivity index (χ1v) is 6.85. The highest BCUT2D eigenvalue weighted by atomic mass is 19.1.